The topological polar surface area (TPSA) is 47.6 Å². The molecule has 0 atom stereocenters. The summed E-state index contributed by atoms with van der Waals surface area (Å²) in [4.78, 5) is 11.6. The van der Waals surface area contributed by atoms with Crippen molar-refractivity contribution >= 4 is 12.0 Å². The molecule has 1 aliphatic heterocycles. The van der Waals surface area contributed by atoms with Crippen molar-refractivity contribution in [3.8, 4) is 11.5 Å². The quantitative estimate of drug-likeness (QED) is 0.840. The lowest BCUT2D eigenvalue weighted by molar-refractivity contribution is -0.116. The van der Waals surface area contributed by atoms with Crippen LogP contribution in [0.2, 0.25) is 0 Å². The van der Waals surface area contributed by atoms with E-state index in [9.17, 15) is 4.79 Å². The van der Waals surface area contributed by atoms with Crippen LogP contribution in [0.25, 0.3) is 6.08 Å². The van der Waals surface area contributed by atoms with Crippen LogP contribution < -0.4 is 14.8 Å². The van der Waals surface area contributed by atoms with Gasteiger partial charge in [0.05, 0.1) is 0 Å². The number of benzene rings is 1. The molecule has 4 nitrogen and oxygen atoms in total. The van der Waals surface area contributed by atoms with Crippen molar-refractivity contribution in [3.63, 3.8) is 0 Å². The third-order valence-electron chi connectivity index (χ3n) is 3.01. The first kappa shape index (κ1) is 14.4. The van der Waals surface area contributed by atoms with Gasteiger partial charge in [-0.15, -0.1) is 0 Å². The molecule has 1 aromatic rings. The summed E-state index contributed by atoms with van der Waals surface area (Å²) in [5, 5.41) is 2.86. The maximum Gasteiger partial charge on any atom is 0.243 e. The zero-order valence-corrected chi connectivity index (χ0v) is 12.0. The summed E-state index contributed by atoms with van der Waals surface area (Å²) < 4.78 is 11.0. The molecule has 1 aliphatic rings. The second kappa shape index (κ2) is 6.98. The molecule has 0 fully saturated rings. The van der Waals surface area contributed by atoms with Crippen molar-refractivity contribution in [2.24, 2.45) is 5.92 Å². The van der Waals surface area contributed by atoms with E-state index in [4.69, 9.17) is 9.47 Å². The van der Waals surface area contributed by atoms with E-state index in [-0.39, 0.29) is 5.91 Å². The Morgan fingerprint density at radius 1 is 1.30 bits per heavy atom. The number of hydrogen-bond donors (Lipinski definition) is 1. The number of ether oxygens (including phenoxy) is 2. The van der Waals surface area contributed by atoms with Crippen molar-refractivity contribution in [1.29, 1.82) is 0 Å². The van der Waals surface area contributed by atoms with Gasteiger partial charge in [-0.1, -0.05) is 19.9 Å². The molecule has 0 saturated heterocycles. The van der Waals surface area contributed by atoms with Crippen molar-refractivity contribution in [3.05, 3.63) is 29.8 Å². The number of carbonyl (C=O) groups excluding carboxylic acids is 1. The maximum absolute atomic E-state index is 11.6. The average molecular weight is 275 g/mol. The molecule has 0 radical (unpaired) electrons. The van der Waals surface area contributed by atoms with Crippen LogP contribution in [-0.2, 0) is 4.79 Å². The van der Waals surface area contributed by atoms with Gasteiger partial charge >= 0.3 is 0 Å². The number of nitrogens with one attached hydrogen (secondary N) is 1. The first-order valence-corrected chi connectivity index (χ1v) is 7.00. The number of amides is 1. The lowest BCUT2D eigenvalue weighted by Gasteiger charge is -2.18. The standard InChI is InChI=1S/C16H21NO3/c1-12(2)7-8-17-16(18)6-4-13-3-5-14-15(11-13)20-10-9-19-14/h3-6,11-12H,7-10H2,1-2H3,(H,17,18)/b6-4+. The molecule has 1 heterocycles. The number of carbonyl (C=O) groups is 1. The normalized spacial score (nSPS) is 13.8. The molecule has 0 aromatic heterocycles. The highest BCUT2D eigenvalue weighted by atomic mass is 16.6. The van der Waals surface area contributed by atoms with Crippen LogP contribution in [0.4, 0.5) is 0 Å². The molecule has 1 N–H and O–H groups in total. The van der Waals surface area contributed by atoms with E-state index >= 15 is 0 Å². The van der Waals surface area contributed by atoms with E-state index in [0.29, 0.717) is 25.7 Å². The molecule has 0 aliphatic carbocycles. The summed E-state index contributed by atoms with van der Waals surface area (Å²) in [5.41, 5.74) is 0.924. The van der Waals surface area contributed by atoms with Crippen LogP contribution in [-0.4, -0.2) is 25.7 Å². The molecule has 4 heteroatoms. The molecular formula is C16H21NO3. The Hall–Kier alpha value is -1.97. The fourth-order valence-electron chi connectivity index (χ4n) is 1.88. The van der Waals surface area contributed by atoms with Gasteiger partial charge in [-0.05, 0) is 36.1 Å². The van der Waals surface area contributed by atoms with Crippen LogP contribution >= 0.6 is 0 Å². The second-order valence-electron chi connectivity index (χ2n) is 5.21. The molecule has 0 spiro atoms. The van der Waals surface area contributed by atoms with Crippen LogP contribution in [0.15, 0.2) is 24.3 Å². The third-order valence-corrected chi connectivity index (χ3v) is 3.01. The van der Waals surface area contributed by atoms with E-state index in [1.807, 2.05) is 18.2 Å². The van der Waals surface area contributed by atoms with Gasteiger partial charge in [-0.25, -0.2) is 0 Å². The zero-order chi connectivity index (χ0) is 14.4. The van der Waals surface area contributed by atoms with Gasteiger partial charge in [0.2, 0.25) is 5.91 Å². The largest absolute Gasteiger partial charge is 0.486 e. The molecule has 0 bridgehead atoms. The number of hydrogen-bond acceptors (Lipinski definition) is 3. The highest BCUT2D eigenvalue weighted by molar-refractivity contribution is 5.91. The summed E-state index contributed by atoms with van der Waals surface area (Å²) in [7, 11) is 0. The summed E-state index contributed by atoms with van der Waals surface area (Å²) in [6, 6.07) is 5.66. The Labute approximate surface area is 119 Å². The predicted octanol–water partition coefficient (Wildman–Crippen LogP) is 2.63. The monoisotopic (exact) mass is 275 g/mol. The van der Waals surface area contributed by atoms with Gasteiger partial charge < -0.3 is 14.8 Å². The molecular weight excluding hydrogens is 254 g/mol. The molecule has 20 heavy (non-hydrogen) atoms. The average Bonchev–Trinajstić information content (AvgIpc) is 2.44. The Balaban J connectivity index is 1.89. The van der Waals surface area contributed by atoms with Gasteiger partial charge in [-0.2, -0.15) is 0 Å². The van der Waals surface area contributed by atoms with E-state index < -0.39 is 0 Å². The van der Waals surface area contributed by atoms with Crippen LogP contribution in [0, 0.1) is 5.92 Å². The summed E-state index contributed by atoms with van der Waals surface area (Å²) >= 11 is 0. The first-order valence-electron chi connectivity index (χ1n) is 7.00. The van der Waals surface area contributed by atoms with E-state index in [1.54, 1.807) is 12.2 Å². The lowest BCUT2D eigenvalue weighted by Crippen LogP contribution is -2.23. The van der Waals surface area contributed by atoms with E-state index in [0.717, 1.165) is 23.5 Å². The van der Waals surface area contributed by atoms with Crippen LogP contribution in [0.5, 0.6) is 11.5 Å². The predicted molar refractivity (Wildman–Crippen MR) is 78.9 cm³/mol. The minimum atomic E-state index is -0.0689. The highest BCUT2D eigenvalue weighted by Crippen LogP contribution is 2.30. The molecule has 1 aromatic carbocycles. The molecule has 1 amide bonds. The summed E-state index contributed by atoms with van der Waals surface area (Å²) in [5.74, 6) is 2.02. The minimum Gasteiger partial charge on any atom is -0.486 e. The second-order valence-corrected chi connectivity index (χ2v) is 5.21. The minimum absolute atomic E-state index is 0.0689. The third kappa shape index (κ3) is 4.30. The van der Waals surface area contributed by atoms with Gasteiger partial charge in [-0.3, -0.25) is 4.79 Å². The Kier molecular flexibility index (Phi) is 5.04. The lowest BCUT2D eigenvalue weighted by atomic mass is 10.1. The van der Waals surface area contributed by atoms with Crippen LogP contribution in [0.1, 0.15) is 25.8 Å². The molecule has 2 rings (SSSR count). The highest BCUT2D eigenvalue weighted by Gasteiger charge is 2.10. The number of rotatable bonds is 5. The van der Waals surface area contributed by atoms with Crippen molar-refractivity contribution in [1.82, 2.24) is 5.32 Å². The Bertz CT molecular complexity index is 494. The first-order chi connectivity index (χ1) is 9.65. The van der Waals surface area contributed by atoms with Gasteiger partial charge in [0.1, 0.15) is 13.2 Å². The van der Waals surface area contributed by atoms with Gasteiger partial charge in [0.25, 0.3) is 0 Å². The number of fused-ring (bicyclic) bond motifs is 1. The SMILES string of the molecule is CC(C)CCNC(=O)/C=C/c1ccc2c(c1)OCCO2. The fourth-order valence-corrected chi connectivity index (χ4v) is 1.88. The fraction of sp³-hybridized carbons (Fsp3) is 0.438. The summed E-state index contributed by atoms with van der Waals surface area (Å²) in [6.45, 7) is 6.13. The van der Waals surface area contributed by atoms with Gasteiger partial charge in [0, 0.05) is 12.6 Å². The van der Waals surface area contributed by atoms with Gasteiger partial charge in [0.15, 0.2) is 11.5 Å². The molecule has 0 unspecified atom stereocenters. The van der Waals surface area contributed by atoms with Crippen molar-refractivity contribution < 1.29 is 14.3 Å². The van der Waals surface area contributed by atoms with E-state index in [1.165, 1.54) is 0 Å². The van der Waals surface area contributed by atoms with Crippen molar-refractivity contribution in [2.45, 2.75) is 20.3 Å². The van der Waals surface area contributed by atoms with Crippen molar-refractivity contribution in [2.75, 3.05) is 19.8 Å². The van der Waals surface area contributed by atoms with Crippen LogP contribution in [0.3, 0.4) is 0 Å². The smallest absolute Gasteiger partial charge is 0.243 e. The van der Waals surface area contributed by atoms with E-state index in [2.05, 4.69) is 19.2 Å². The Morgan fingerprint density at radius 2 is 2.05 bits per heavy atom. The maximum atomic E-state index is 11.6. The summed E-state index contributed by atoms with van der Waals surface area (Å²) in [6.07, 6.45) is 4.32. The Morgan fingerprint density at radius 3 is 2.80 bits per heavy atom. The molecule has 108 valence electrons. The zero-order valence-electron chi connectivity index (χ0n) is 12.0. The molecule has 0 saturated carbocycles.